The van der Waals surface area contributed by atoms with E-state index < -0.39 is 0 Å². The van der Waals surface area contributed by atoms with Crippen molar-refractivity contribution in [2.24, 2.45) is 0 Å². The molecule has 8 heteroatoms. The smallest absolute Gasteiger partial charge is 0.273 e. The summed E-state index contributed by atoms with van der Waals surface area (Å²) in [5, 5.41) is 18.2. The van der Waals surface area contributed by atoms with E-state index in [1.165, 1.54) is 0 Å². The summed E-state index contributed by atoms with van der Waals surface area (Å²) in [5.74, 6) is 0.345. The molecule has 1 fully saturated rings. The molecule has 0 radical (unpaired) electrons. The van der Waals surface area contributed by atoms with E-state index in [0.717, 1.165) is 30.5 Å². The fourth-order valence-corrected chi connectivity index (χ4v) is 3.48. The monoisotopic (exact) mass is 355 g/mol. The molecule has 0 saturated heterocycles. The molecule has 2 aliphatic rings. The molecule has 1 aromatic heterocycles. The van der Waals surface area contributed by atoms with Gasteiger partial charge in [-0.1, -0.05) is 35.5 Å². The Hall–Kier alpha value is -2.84. The number of carbonyl (C=O) groups is 1. The zero-order chi connectivity index (χ0) is 17.9. The predicted molar refractivity (Wildman–Crippen MR) is 94.1 cm³/mol. The van der Waals surface area contributed by atoms with Gasteiger partial charge in [0.2, 0.25) is 0 Å². The highest BCUT2D eigenvalue weighted by molar-refractivity contribution is 5.93. The van der Waals surface area contributed by atoms with Crippen molar-refractivity contribution in [3.8, 4) is 11.3 Å². The maximum absolute atomic E-state index is 12.5. The minimum absolute atomic E-state index is 0.0330. The predicted octanol–water partition coefficient (Wildman–Crippen LogP) is 1.15. The lowest BCUT2D eigenvalue weighted by atomic mass is 10.1. The number of amides is 1. The third-order valence-electron chi connectivity index (χ3n) is 4.80. The van der Waals surface area contributed by atoms with Gasteiger partial charge in [0.1, 0.15) is 0 Å². The molecule has 2 aromatic rings. The van der Waals surface area contributed by atoms with E-state index in [9.17, 15) is 9.90 Å². The van der Waals surface area contributed by atoms with Crippen LogP contribution in [-0.4, -0.2) is 39.9 Å². The summed E-state index contributed by atoms with van der Waals surface area (Å²) >= 11 is 0. The lowest BCUT2D eigenvalue weighted by molar-refractivity contribution is 0.0924. The fourth-order valence-electron chi connectivity index (χ4n) is 3.48. The normalized spacial score (nSPS) is 22.2. The number of hydrogen-bond acceptors (Lipinski definition) is 7. The second kappa shape index (κ2) is 7.19. The minimum Gasteiger partial charge on any atom is -0.390 e. The first kappa shape index (κ1) is 16.6. The molecule has 1 aromatic carbocycles. The van der Waals surface area contributed by atoms with Gasteiger partial charge in [0.15, 0.2) is 11.5 Å². The maximum atomic E-state index is 12.5. The van der Waals surface area contributed by atoms with Crippen molar-refractivity contribution in [1.29, 1.82) is 0 Å². The number of aliphatic hydroxyl groups excluding tert-OH is 1. The highest BCUT2D eigenvalue weighted by Gasteiger charge is 2.33. The summed E-state index contributed by atoms with van der Waals surface area (Å²) in [6.07, 6.45) is 4.33. The van der Waals surface area contributed by atoms with Crippen LogP contribution in [0.4, 0.5) is 0 Å². The number of aliphatic hydroxyl groups is 1. The molecule has 1 saturated carbocycles. The number of hydrogen-bond donors (Lipinski definition) is 4. The molecular weight excluding hydrogens is 334 g/mol. The molecule has 0 bridgehead atoms. The van der Waals surface area contributed by atoms with Gasteiger partial charge in [-0.2, -0.15) is 0 Å². The van der Waals surface area contributed by atoms with E-state index in [1.807, 2.05) is 35.3 Å². The number of carbonyl (C=O) groups excluding carboxylic acids is 1. The molecule has 8 nitrogen and oxygen atoms in total. The van der Waals surface area contributed by atoms with Crippen molar-refractivity contribution in [2.45, 2.75) is 31.3 Å². The van der Waals surface area contributed by atoms with Gasteiger partial charge in [-0.05, 0) is 19.3 Å². The first-order chi connectivity index (χ1) is 12.7. The van der Waals surface area contributed by atoms with Crippen LogP contribution in [0.3, 0.4) is 0 Å². The highest BCUT2D eigenvalue weighted by Crippen LogP contribution is 2.27. The first-order valence-electron chi connectivity index (χ1n) is 8.68. The van der Waals surface area contributed by atoms with Crippen LogP contribution in [-0.2, 0) is 0 Å². The number of nitrogens with one attached hydrogen (secondary N) is 3. The molecule has 136 valence electrons. The summed E-state index contributed by atoms with van der Waals surface area (Å²) in [7, 11) is 0. The molecule has 1 aliphatic carbocycles. The molecule has 2 unspecified atom stereocenters. The number of benzene rings is 1. The fraction of sp³-hybridized carbons (Fsp3) is 0.333. The maximum Gasteiger partial charge on any atom is 0.273 e. The van der Waals surface area contributed by atoms with Crippen LogP contribution in [0.15, 0.2) is 52.8 Å². The Morgan fingerprint density at radius 3 is 3.00 bits per heavy atom. The minimum atomic E-state index is -0.230. The van der Waals surface area contributed by atoms with Crippen molar-refractivity contribution in [3.63, 3.8) is 0 Å². The number of rotatable bonds is 5. The molecule has 2 heterocycles. The average Bonchev–Trinajstić information content (AvgIpc) is 3.42. The summed E-state index contributed by atoms with van der Waals surface area (Å²) < 4.78 is 5.29. The van der Waals surface area contributed by atoms with Crippen LogP contribution in [0.2, 0.25) is 0 Å². The van der Waals surface area contributed by atoms with Crippen LogP contribution >= 0.6 is 0 Å². The Bertz CT molecular complexity index is 804. The third-order valence-corrected chi connectivity index (χ3v) is 4.80. The molecule has 2 atom stereocenters. The van der Waals surface area contributed by atoms with E-state index >= 15 is 0 Å². The zero-order valence-corrected chi connectivity index (χ0v) is 14.2. The van der Waals surface area contributed by atoms with Gasteiger partial charge in [-0.15, -0.1) is 5.53 Å². The summed E-state index contributed by atoms with van der Waals surface area (Å²) in [5.41, 5.74) is 7.88. The van der Waals surface area contributed by atoms with Crippen molar-refractivity contribution in [1.82, 2.24) is 26.4 Å². The summed E-state index contributed by atoms with van der Waals surface area (Å²) in [4.78, 5) is 12.5. The standard InChI is InChI=1S/C18H21N5O3/c24-11-15-10-19-22-23(15)14-7-6-13(8-14)20-18(25)16-9-17(26-21-16)12-4-2-1-3-5-12/h1-5,9-10,13-14,19,22,24H,6-8,11H2,(H,20,25). The van der Waals surface area contributed by atoms with Gasteiger partial charge in [-0.3, -0.25) is 9.80 Å². The second-order valence-electron chi connectivity index (χ2n) is 6.50. The Balaban J connectivity index is 1.36. The Kier molecular flexibility index (Phi) is 4.59. The zero-order valence-electron chi connectivity index (χ0n) is 14.2. The van der Waals surface area contributed by atoms with Crippen molar-refractivity contribution >= 4 is 5.91 Å². The number of nitrogens with zero attached hydrogens (tertiary/aromatic N) is 2. The summed E-state index contributed by atoms with van der Waals surface area (Å²) in [6, 6.07) is 11.5. The quantitative estimate of drug-likeness (QED) is 0.638. The third kappa shape index (κ3) is 3.29. The van der Waals surface area contributed by atoms with Gasteiger partial charge in [-0.25, -0.2) is 0 Å². The second-order valence-corrected chi connectivity index (χ2v) is 6.50. The van der Waals surface area contributed by atoms with Crippen LogP contribution in [0.1, 0.15) is 29.8 Å². The SMILES string of the molecule is O=C(NC1CCC(N2NNC=C2CO)C1)c1cc(-c2ccccc2)on1. The molecular formula is C18H21N5O3. The van der Waals surface area contributed by atoms with Crippen LogP contribution in [0.25, 0.3) is 11.3 Å². The largest absolute Gasteiger partial charge is 0.390 e. The summed E-state index contributed by atoms with van der Waals surface area (Å²) in [6.45, 7) is -0.0330. The van der Waals surface area contributed by atoms with Crippen molar-refractivity contribution in [2.75, 3.05) is 6.61 Å². The van der Waals surface area contributed by atoms with Gasteiger partial charge < -0.3 is 20.4 Å². The van der Waals surface area contributed by atoms with Crippen molar-refractivity contribution in [3.05, 3.63) is 54.0 Å². The van der Waals surface area contributed by atoms with Gasteiger partial charge >= 0.3 is 0 Å². The van der Waals surface area contributed by atoms with Crippen LogP contribution in [0.5, 0.6) is 0 Å². The molecule has 4 N–H and O–H groups in total. The lowest BCUT2D eigenvalue weighted by Crippen LogP contribution is -2.45. The van der Waals surface area contributed by atoms with Crippen LogP contribution in [0, 0.1) is 0 Å². The van der Waals surface area contributed by atoms with Gasteiger partial charge in [0.25, 0.3) is 5.91 Å². The molecule has 1 amide bonds. The van der Waals surface area contributed by atoms with E-state index in [1.54, 1.807) is 12.3 Å². The molecule has 4 rings (SSSR count). The van der Waals surface area contributed by atoms with Gasteiger partial charge in [0.05, 0.1) is 12.3 Å². The highest BCUT2D eigenvalue weighted by atomic mass is 16.5. The topological polar surface area (TPSA) is 103 Å². The van der Waals surface area contributed by atoms with Crippen LogP contribution < -0.4 is 16.3 Å². The Morgan fingerprint density at radius 1 is 1.35 bits per heavy atom. The first-order valence-corrected chi connectivity index (χ1v) is 8.68. The Morgan fingerprint density at radius 2 is 2.19 bits per heavy atom. The Labute approximate surface area is 150 Å². The lowest BCUT2D eigenvalue weighted by Gasteiger charge is -2.27. The molecule has 1 aliphatic heterocycles. The van der Waals surface area contributed by atoms with E-state index in [2.05, 4.69) is 21.4 Å². The van der Waals surface area contributed by atoms with E-state index in [0.29, 0.717) is 5.76 Å². The van der Waals surface area contributed by atoms with Gasteiger partial charge in [0, 0.05) is 29.9 Å². The average molecular weight is 355 g/mol. The number of aromatic nitrogens is 1. The van der Waals surface area contributed by atoms with Crippen molar-refractivity contribution < 1.29 is 14.4 Å². The van der Waals surface area contributed by atoms with E-state index in [-0.39, 0.29) is 30.3 Å². The molecule has 26 heavy (non-hydrogen) atoms. The van der Waals surface area contributed by atoms with E-state index in [4.69, 9.17) is 4.52 Å². The molecule has 0 spiro atoms. The number of hydrazine groups is 2.